The second-order valence-corrected chi connectivity index (χ2v) is 6.59. The Morgan fingerprint density at radius 3 is 2.54 bits per heavy atom. The molecule has 1 amide bonds. The zero-order valence-electron chi connectivity index (χ0n) is 13.9. The fourth-order valence-electron chi connectivity index (χ4n) is 3.33. The van der Waals surface area contributed by atoms with Gasteiger partial charge >= 0.3 is 5.97 Å². The average Bonchev–Trinajstić information content (AvgIpc) is 2.99. The lowest BCUT2D eigenvalue weighted by Crippen LogP contribution is -2.50. The molecule has 2 aliphatic rings. The molecule has 1 aromatic carbocycles. The summed E-state index contributed by atoms with van der Waals surface area (Å²) in [6, 6.07) is 6.96. The van der Waals surface area contributed by atoms with Gasteiger partial charge < -0.3 is 19.5 Å². The molecule has 2 heterocycles. The quantitative estimate of drug-likeness (QED) is 0.915. The maximum Gasteiger partial charge on any atom is 0.329 e. The van der Waals surface area contributed by atoms with E-state index < -0.39 is 11.5 Å². The van der Waals surface area contributed by atoms with Gasteiger partial charge in [0, 0.05) is 24.9 Å². The van der Waals surface area contributed by atoms with Crippen LogP contribution in [-0.2, 0) is 9.53 Å². The fourth-order valence-corrected chi connectivity index (χ4v) is 3.33. The zero-order chi connectivity index (χ0) is 17.2. The predicted molar refractivity (Wildman–Crippen MR) is 87.2 cm³/mol. The lowest BCUT2D eigenvalue weighted by Gasteiger charge is -2.31. The van der Waals surface area contributed by atoms with Crippen molar-refractivity contribution in [2.75, 3.05) is 19.8 Å². The molecule has 2 fully saturated rings. The minimum absolute atomic E-state index is 0.147. The van der Waals surface area contributed by atoms with Gasteiger partial charge in [-0.3, -0.25) is 4.79 Å². The van der Waals surface area contributed by atoms with E-state index in [-0.39, 0.29) is 12.0 Å². The molecule has 1 N–H and O–H groups in total. The number of benzene rings is 1. The van der Waals surface area contributed by atoms with Gasteiger partial charge in [-0.25, -0.2) is 4.79 Å². The minimum Gasteiger partial charge on any atom is -0.490 e. The third-order valence-corrected chi connectivity index (χ3v) is 4.92. The first-order valence-electron chi connectivity index (χ1n) is 8.40. The number of hydrogen-bond donors (Lipinski definition) is 1. The number of carboxylic acid groups (broad SMARTS) is 1. The fraction of sp³-hybridized carbons (Fsp3) is 0.556. The molecule has 1 unspecified atom stereocenters. The highest BCUT2D eigenvalue weighted by Gasteiger charge is 2.46. The molecule has 1 aromatic rings. The number of carbonyl (C=O) groups is 2. The van der Waals surface area contributed by atoms with Crippen LogP contribution in [0.1, 0.15) is 43.0 Å². The number of likely N-dealkylation sites (tertiary alicyclic amines) is 1. The van der Waals surface area contributed by atoms with Crippen molar-refractivity contribution < 1.29 is 24.2 Å². The Balaban J connectivity index is 1.68. The van der Waals surface area contributed by atoms with Crippen LogP contribution in [0, 0.1) is 0 Å². The largest absolute Gasteiger partial charge is 0.490 e. The second kappa shape index (κ2) is 6.81. The van der Waals surface area contributed by atoms with Crippen LogP contribution in [0.25, 0.3) is 0 Å². The molecule has 2 aliphatic heterocycles. The van der Waals surface area contributed by atoms with E-state index in [1.807, 2.05) is 0 Å². The minimum atomic E-state index is -1.12. The Morgan fingerprint density at radius 2 is 1.92 bits per heavy atom. The van der Waals surface area contributed by atoms with Crippen LogP contribution in [0.5, 0.6) is 5.75 Å². The van der Waals surface area contributed by atoms with E-state index in [1.54, 1.807) is 31.2 Å². The van der Waals surface area contributed by atoms with E-state index in [4.69, 9.17) is 9.47 Å². The SMILES string of the molecule is CC1(C(=O)O)CCCN1C(=O)c1ccc(OC2CCOCC2)cc1. The van der Waals surface area contributed by atoms with E-state index >= 15 is 0 Å². The smallest absolute Gasteiger partial charge is 0.329 e. The van der Waals surface area contributed by atoms with Gasteiger partial charge in [0.25, 0.3) is 5.91 Å². The molecule has 0 bridgehead atoms. The highest BCUT2D eigenvalue weighted by molar-refractivity contribution is 5.98. The van der Waals surface area contributed by atoms with Gasteiger partial charge in [0.15, 0.2) is 0 Å². The molecule has 6 heteroatoms. The van der Waals surface area contributed by atoms with Crippen LogP contribution in [0.3, 0.4) is 0 Å². The van der Waals surface area contributed by atoms with Crippen LogP contribution in [-0.4, -0.2) is 53.3 Å². The molecule has 130 valence electrons. The van der Waals surface area contributed by atoms with Gasteiger partial charge in [0.2, 0.25) is 0 Å². The van der Waals surface area contributed by atoms with Gasteiger partial charge in [0.1, 0.15) is 17.4 Å². The van der Waals surface area contributed by atoms with E-state index in [2.05, 4.69) is 0 Å². The number of nitrogens with zero attached hydrogens (tertiary/aromatic N) is 1. The molecule has 24 heavy (non-hydrogen) atoms. The number of hydrogen-bond acceptors (Lipinski definition) is 4. The van der Waals surface area contributed by atoms with Gasteiger partial charge in [-0.1, -0.05) is 0 Å². The van der Waals surface area contributed by atoms with E-state index in [0.717, 1.165) is 18.6 Å². The summed E-state index contributed by atoms with van der Waals surface area (Å²) in [6.07, 6.45) is 3.07. The molecule has 3 rings (SSSR count). The number of rotatable bonds is 4. The summed E-state index contributed by atoms with van der Waals surface area (Å²) in [5.74, 6) is -0.469. The van der Waals surface area contributed by atoms with Crippen molar-refractivity contribution in [3.8, 4) is 5.75 Å². The average molecular weight is 333 g/mol. The van der Waals surface area contributed by atoms with Gasteiger partial charge in [-0.15, -0.1) is 0 Å². The van der Waals surface area contributed by atoms with Crippen LogP contribution in [0.2, 0.25) is 0 Å². The van der Waals surface area contributed by atoms with Crippen LogP contribution >= 0.6 is 0 Å². The highest BCUT2D eigenvalue weighted by Crippen LogP contribution is 2.31. The second-order valence-electron chi connectivity index (χ2n) is 6.59. The molecule has 0 saturated carbocycles. The standard InChI is InChI=1S/C18H23NO5/c1-18(17(21)22)9-2-10-19(18)16(20)13-3-5-14(6-4-13)24-15-7-11-23-12-8-15/h3-6,15H,2,7-12H2,1H3,(H,21,22). The topological polar surface area (TPSA) is 76.1 Å². The first-order valence-corrected chi connectivity index (χ1v) is 8.40. The third kappa shape index (κ3) is 3.24. The zero-order valence-corrected chi connectivity index (χ0v) is 13.9. The summed E-state index contributed by atoms with van der Waals surface area (Å²) in [7, 11) is 0. The first-order chi connectivity index (χ1) is 11.5. The molecule has 2 saturated heterocycles. The van der Waals surface area contributed by atoms with Gasteiger partial charge in [-0.2, -0.15) is 0 Å². The molecular formula is C18H23NO5. The Morgan fingerprint density at radius 1 is 1.25 bits per heavy atom. The van der Waals surface area contributed by atoms with Crippen LogP contribution < -0.4 is 4.74 Å². The number of aliphatic carboxylic acids is 1. The number of carboxylic acids is 1. The summed E-state index contributed by atoms with van der Waals surface area (Å²) in [5, 5.41) is 9.44. The monoisotopic (exact) mass is 333 g/mol. The molecule has 0 aliphatic carbocycles. The van der Waals surface area contributed by atoms with E-state index in [0.29, 0.717) is 38.2 Å². The predicted octanol–water partition coefficient (Wildman–Crippen LogP) is 2.32. The van der Waals surface area contributed by atoms with Crippen molar-refractivity contribution in [2.24, 2.45) is 0 Å². The third-order valence-electron chi connectivity index (χ3n) is 4.92. The molecular weight excluding hydrogens is 310 g/mol. The lowest BCUT2D eigenvalue weighted by atomic mass is 9.98. The van der Waals surface area contributed by atoms with E-state index in [9.17, 15) is 14.7 Å². The van der Waals surface area contributed by atoms with E-state index in [1.165, 1.54) is 4.90 Å². The Hall–Kier alpha value is -2.08. The summed E-state index contributed by atoms with van der Waals surface area (Å²) in [5.41, 5.74) is -0.627. The van der Waals surface area contributed by atoms with Crippen molar-refractivity contribution >= 4 is 11.9 Å². The van der Waals surface area contributed by atoms with Crippen molar-refractivity contribution in [3.63, 3.8) is 0 Å². The highest BCUT2D eigenvalue weighted by atomic mass is 16.5. The van der Waals surface area contributed by atoms with Crippen molar-refractivity contribution in [2.45, 2.75) is 44.2 Å². The Kier molecular flexibility index (Phi) is 4.76. The normalized spacial score (nSPS) is 24.8. The van der Waals surface area contributed by atoms with Crippen molar-refractivity contribution in [1.82, 2.24) is 4.90 Å². The maximum atomic E-state index is 12.7. The summed E-state index contributed by atoms with van der Waals surface area (Å²) < 4.78 is 11.2. The van der Waals surface area contributed by atoms with Crippen molar-refractivity contribution in [1.29, 1.82) is 0 Å². The van der Waals surface area contributed by atoms with Crippen LogP contribution in [0.4, 0.5) is 0 Å². The van der Waals surface area contributed by atoms with Gasteiger partial charge in [-0.05, 0) is 44.0 Å². The molecule has 0 radical (unpaired) electrons. The number of ether oxygens (including phenoxy) is 2. The Labute approximate surface area is 141 Å². The maximum absolute atomic E-state index is 12.7. The summed E-state index contributed by atoms with van der Waals surface area (Å²) in [4.78, 5) is 25.7. The van der Waals surface area contributed by atoms with Gasteiger partial charge in [0.05, 0.1) is 13.2 Å². The first kappa shape index (κ1) is 16.8. The van der Waals surface area contributed by atoms with Crippen molar-refractivity contribution in [3.05, 3.63) is 29.8 Å². The number of amides is 1. The summed E-state index contributed by atoms with van der Waals surface area (Å²) >= 11 is 0. The Bertz CT molecular complexity index is 608. The molecule has 6 nitrogen and oxygen atoms in total. The summed E-state index contributed by atoms with van der Waals surface area (Å²) in [6.45, 7) is 3.51. The molecule has 1 atom stereocenters. The van der Waals surface area contributed by atoms with Crippen LogP contribution in [0.15, 0.2) is 24.3 Å². The number of carbonyl (C=O) groups excluding carboxylic acids is 1. The lowest BCUT2D eigenvalue weighted by molar-refractivity contribution is -0.147. The molecule has 0 aromatic heterocycles. The molecule has 0 spiro atoms.